The molecule has 15 heavy (non-hydrogen) atoms. The Morgan fingerprint density at radius 3 is 2.33 bits per heavy atom. The third-order valence-corrected chi connectivity index (χ3v) is 3.91. The molecule has 0 aliphatic rings. The van der Waals surface area contributed by atoms with E-state index in [4.69, 9.17) is 0 Å². The van der Waals surface area contributed by atoms with Crippen LogP contribution in [0.4, 0.5) is 0 Å². The van der Waals surface area contributed by atoms with Crippen molar-refractivity contribution in [3.05, 3.63) is 10.8 Å². The smallest absolute Gasteiger partial charge is 0.147 e. The van der Waals surface area contributed by atoms with Crippen LogP contribution in [0, 0.1) is 0 Å². The van der Waals surface area contributed by atoms with Crippen molar-refractivity contribution >= 4 is 27.5 Å². The van der Waals surface area contributed by atoms with Crippen molar-refractivity contribution in [3.8, 4) is 0 Å². The zero-order valence-electron chi connectivity index (χ0n) is 10.0. The van der Waals surface area contributed by atoms with Crippen molar-refractivity contribution in [3.63, 3.8) is 0 Å². The molecular formula is C11H19BrN2S. The average Bonchev–Trinajstić information content (AvgIpc) is 2.52. The van der Waals surface area contributed by atoms with E-state index in [0.717, 1.165) is 17.3 Å². The van der Waals surface area contributed by atoms with Gasteiger partial charge in [-0.15, -0.1) is 0 Å². The van der Waals surface area contributed by atoms with Crippen LogP contribution in [0.2, 0.25) is 0 Å². The molecule has 0 aliphatic heterocycles. The van der Waals surface area contributed by atoms with Gasteiger partial charge in [0.2, 0.25) is 0 Å². The average molecular weight is 291 g/mol. The van der Waals surface area contributed by atoms with Crippen molar-refractivity contribution in [1.82, 2.24) is 9.36 Å². The lowest BCUT2D eigenvalue weighted by molar-refractivity contribution is 0.547. The first-order valence-electron chi connectivity index (χ1n) is 5.34. The summed E-state index contributed by atoms with van der Waals surface area (Å²) in [5.41, 5.74) is 0.0581. The molecule has 2 unspecified atom stereocenters. The van der Waals surface area contributed by atoms with Crippen molar-refractivity contribution in [2.75, 3.05) is 0 Å². The molecule has 2 nitrogen and oxygen atoms in total. The predicted molar refractivity (Wildman–Crippen MR) is 70.0 cm³/mol. The predicted octanol–water partition coefficient (Wildman–Crippen LogP) is 4.11. The monoisotopic (exact) mass is 290 g/mol. The molecule has 0 radical (unpaired) electrons. The standard InChI is InChI=1S/C11H19BrN2S/c1-6-8(7(2)12)9-13-10(14-15-9)11(3,4)5/h7-8H,6H2,1-5H3. The van der Waals surface area contributed by atoms with Crippen molar-refractivity contribution in [2.45, 2.75) is 57.2 Å². The molecule has 0 saturated heterocycles. The minimum Gasteiger partial charge on any atom is -0.224 e. The van der Waals surface area contributed by atoms with Gasteiger partial charge < -0.3 is 0 Å². The van der Waals surface area contributed by atoms with E-state index in [1.807, 2.05) is 0 Å². The van der Waals surface area contributed by atoms with E-state index in [1.54, 1.807) is 11.5 Å². The third-order valence-electron chi connectivity index (χ3n) is 2.42. The van der Waals surface area contributed by atoms with E-state index < -0.39 is 0 Å². The summed E-state index contributed by atoms with van der Waals surface area (Å²) in [5, 5.41) is 1.16. The highest BCUT2D eigenvalue weighted by Gasteiger charge is 2.24. The van der Waals surface area contributed by atoms with Crippen LogP contribution >= 0.6 is 27.5 Å². The Balaban J connectivity index is 2.92. The van der Waals surface area contributed by atoms with E-state index >= 15 is 0 Å². The number of hydrogen-bond donors (Lipinski definition) is 0. The van der Waals surface area contributed by atoms with Gasteiger partial charge in [-0.25, -0.2) is 4.98 Å². The molecule has 0 saturated carbocycles. The summed E-state index contributed by atoms with van der Waals surface area (Å²) in [4.78, 5) is 5.11. The Hall–Kier alpha value is 0.0400. The number of halogens is 1. The van der Waals surface area contributed by atoms with Crippen molar-refractivity contribution in [2.24, 2.45) is 0 Å². The zero-order valence-corrected chi connectivity index (χ0v) is 12.4. The summed E-state index contributed by atoms with van der Waals surface area (Å²) in [6.07, 6.45) is 1.10. The zero-order chi connectivity index (χ0) is 11.6. The SMILES string of the molecule is CCC(c1nc(C(C)(C)C)ns1)C(C)Br. The molecular weight excluding hydrogens is 272 g/mol. The Morgan fingerprint density at radius 1 is 1.40 bits per heavy atom. The van der Waals surface area contributed by atoms with Crippen LogP contribution in [0.1, 0.15) is 57.8 Å². The molecule has 0 spiro atoms. The number of hydrogen-bond acceptors (Lipinski definition) is 3. The molecule has 1 rings (SSSR count). The maximum Gasteiger partial charge on any atom is 0.147 e. The summed E-state index contributed by atoms with van der Waals surface area (Å²) in [6, 6.07) is 0. The van der Waals surface area contributed by atoms with Gasteiger partial charge in [0.05, 0.1) is 0 Å². The van der Waals surface area contributed by atoms with Gasteiger partial charge in [0, 0.05) is 16.2 Å². The fourth-order valence-corrected chi connectivity index (χ4v) is 3.31. The van der Waals surface area contributed by atoms with E-state index in [9.17, 15) is 0 Å². The summed E-state index contributed by atoms with van der Waals surface area (Å²) in [7, 11) is 0. The molecule has 0 fully saturated rings. The van der Waals surface area contributed by atoms with Crippen LogP contribution in [-0.4, -0.2) is 14.2 Å². The highest BCUT2D eigenvalue weighted by atomic mass is 79.9. The van der Waals surface area contributed by atoms with Gasteiger partial charge in [0.1, 0.15) is 10.8 Å². The van der Waals surface area contributed by atoms with Crippen LogP contribution in [-0.2, 0) is 5.41 Å². The van der Waals surface area contributed by atoms with Gasteiger partial charge in [0.25, 0.3) is 0 Å². The lowest BCUT2D eigenvalue weighted by Crippen LogP contribution is -2.14. The van der Waals surface area contributed by atoms with Gasteiger partial charge in [0.15, 0.2) is 0 Å². The second kappa shape index (κ2) is 4.91. The molecule has 1 heterocycles. The Morgan fingerprint density at radius 2 is 2.00 bits per heavy atom. The van der Waals surface area contributed by atoms with E-state index in [0.29, 0.717) is 10.7 Å². The Kier molecular flexibility index (Phi) is 4.29. The maximum absolute atomic E-state index is 4.65. The van der Waals surface area contributed by atoms with Crippen molar-refractivity contribution in [1.29, 1.82) is 0 Å². The number of aromatic nitrogens is 2. The molecule has 86 valence electrons. The Bertz CT molecular complexity index is 315. The van der Waals surface area contributed by atoms with Crippen LogP contribution in [0.5, 0.6) is 0 Å². The fourth-order valence-electron chi connectivity index (χ4n) is 1.39. The van der Waals surface area contributed by atoms with E-state index in [2.05, 4.69) is 59.9 Å². The summed E-state index contributed by atoms with van der Waals surface area (Å²) < 4.78 is 4.45. The molecule has 0 N–H and O–H groups in total. The highest BCUT2D eigenvalue weighted by molar-refractivity contribution is 9.09. The highest BCUT2D eigenvalue weighted by Crippen LogP contribution is 2.31. The lowest BCUT2D eigenvalue weighted by Gasteiger charge is -2.15. The van der Waals surface area contributed by atoms with Crippen LogP contribution in [0.25, 0.3) is 0 Å². The van der Waals surface area contributed by atoms with E-state index in [1.165, 1.54) is 0 Å². The third kappa shape index (κ3) is 3.25. The summed E-state index contributed by atoms with van der Waals surface area (Å²) in [5.74, 6) is 1.45. The van der Waals surface area contributed by atoms with Gasteiger partial charge in [-0.3, -0.25) is 0 Å². The summed E-state index contributed by atoms with van der Waals surface area (Å²) >= 11 is 5.18. The second-order valence-electron chi connectivity index (χ2n) is 4.90. The topological polar surface area (TPSA) is 25.8 Å². The first-order chi connectivity index (χ1) is 6.86. The van der Waals surface area contributed by atoms with Gasteiger partial charge in [-0.1, -0.05) is 50.5 Å². The minimum absolute atomic E-state index is 0.0581. The van der Waals surface area contributed by atoms with Crippen molar-refractivity contribution < 1.29 is 0 Å². The molecule has 0 aliphatic carbocycles. The van der Waals surface area contributed by atoms with Gasteiger partial charge in [-0.2, -0.15) is 4.37 Å². The first kappa shape index (κ1) is 13.1. The molecule has 4 heteroatoms. The number of alkyl halides is 1. The normalized spacial score (nSPS) is 16.4. The molecule has 0 amide bonds. The largest absolute Gasteiger partial charge is 0.224 e. The molecule has 0 aromatic carbocycles. The Labute approximate surface area is 105 Å². The molecule has 1 aromatic rings. The lowest BCUT2D eigenvalue weighted by atomic mass is 9.96. The molecule has 0 bridgehead atoms. The van der Waals surface area contributed by atoms with Gasteiger partial charge in [-0.05, 0) is 18.0 Å². The maximum atomic E-state index is 4.65. The second-order valence-corrected chi connectivity index (χ2v) is 7.13. The van der Waals surface area contributed by atoms with Crippen LogP contribution in [0.3, 0.4) is 0 Å². The van der Waals surface area contributed by atoms with Crippen LogP contribution < -0.4 is 0 Å². The first-order valence-corrected chi connectivity index (χ1v) is 7.03. The molecule has 1 aromatic heterocycles. The van der Waals surface area contributed by atoms with Gasteiger partial charge >= 0.3 is 0 Å². The fraction of sp³-hybridized carbons (Fsp3) is 0.818. The quantitative estimate of drug-likeness (QED) is 0.783. The number of rotatable bonds is 3. The van der Waals surface area contributed by atoms with E-state index in [-0.39, 0.29) is 5.41 Å². The summed E-state index contributed by atoms with van der Waals surface area (Å²) in [6.45, 7) is 10.8. The van der Waals surface area contributed by atoms with Crippen LogP contribution in [0.15, 0.2) is 0 Å². The number of nitrogens with zero attached hydrogens (tertiary/aromatic N) is 2. The molecule has 2 atom stereocenters. The minimum atomic E-state index is 0.0581.